The van der Waals surface area contributed by atoms with E-state index in [0.29, 0.717) is 6.54 Å². The Kier molecular flexibility index (Phi) is 3.65. The number of thioether (sulfide) groups is 1. The minimum atomic E-state index is -3.07. The van der Waals surface area contributed by atoms with E-state index in [1.807, 2.05) is 0 Å². The number of hydrogen-bond donors (Lipinski definition) is 1. The summed E-state index contributed by atoms with van der Waals surface area (Å²) in [7, 11) is -3.07. The maximum atomic E-state index is 11.5. The van der Waals surface area contributed by atoms with Gasteiger partial charge >= 0.3 is 0 Å². The molecule has 1 heterocycles. The molecule has 0 radical (unpaired) electrons. The number of nitrogens with one attached hydrogen (secondary N) is 1. The molecule has 94 valence electrons. The summed E-state index contributed by atoms with van der Waals surface area (Å²) in [6, 6.07) is 0. The smallest absolute Gasteiger partial charge is 0.157 e. The van der Waals surface area contributed by atoms with Crippen LogP contribution in [0, 0.1) is 0 Å². The van der Waals surface area contributed by atoms with Crippen LogP contribution in [0.15, 0.2) is 4.99 Å². The molecule has 16 heavy (non-hydrogen) atoms. The van der Waals surface area contributed by atoms with Gasteiger partial charge in [-0.2, -0.15) is 0 Å². The lowest BCUT2D eigenvalue weighted by molar-refractivity contribution is 0.533. The molecule has 1 fully saturated rings. The van der Waals surface area contributed by atoms with Crippen LogP contribution < -0.4 is 5.32 Å². The number of nitrogens with zero attached hydrogens (tertiary/aromatic N) is 1. The lowest BCUT2D eigenvalue weighted by Crippen LogP contribution is -2.38. The van der Waals surface area contributed by atoms with Crippen LogP contribution in [0.4, 0.5) is 0 Å². The molecular formula is C10H20N2O2S2. The van der Waals surface area contributed by atoms with E-state index >= 15 is 0 Å². The highest BCUT2D eigenvalue weighted by atomic mass is 32.2. The molecule has 0 aliphatic carbocycles. The van der Waals surface area contributed by atoms with Gasteiger partial charge in [0, 0.05) is 17.5 Å². The first kappa shape index (κ1) is 13.8. The Morgan fingerprint density at radius 1 is 1.50 bits per heavy atom. The summed E-state index contributed by atoms with van der Waals surface area (Å²) in [6.45, 7) is 7.92. The molecule has 0 bridgehead atoms. The Bertz CT molecular complexity index is 397. The molecule has 1 saturated heterocycles. The Morgan fingerprint density at radius 2 is 2.06 bits per heavy atom. The molecule has 0 aromatic rings. The third kappa shape index (κ3) is 3.38. The average Bonchev–Trinajstić information content (AvgIpc) is 2.40. The summed E-state index contributed by atoms with van der Waals surface area (Å²) in [5.41, 5.74) is 0.0543. The molecule has 0 atom stereocenters. The third-order valence-electron chi connectivity index (χ3n) is 2.62. The van der Waals surface area contributed by atoms with Crippen LogP contribution in [0.2, 0.25) is 0 Å². The van der Waals surface area contributed by atoms with Crippen molar-refractivity contribution in [3.8, 4) is 0 Å². The van der Waals surface area contributed by atoms with Crippen LogP contribution in [0.5, 0.6) is 0 Å². The molecule has 1 rings (SSSR count). The number of sulfone groups is 1. The maximum absolute atomic E-state index is 11.5. The fourth-order valence-electron chi connectivity index (χ4n) is 1.08. The van der Waals surface area contributed by atoms with Gasteiger partial charge in [0.1, 0.15) is 0 Å². The van der Waals surface area contributed by atoms with Crippen molar-refractivity contribution < 1.29 is 8.42 Å². The zero-order valence-electron chi connectivity index (χ0n) is 10.5. The summed E-state index contributed by atoms with van der Waals surface area (Å²) in [5.74, 6) is 0.963. The maximum Gasteiger partial charge on any atom is 0.157 e. The molecule has 1 N–H and O–H groups in total. The summed E-state index contributed by atoms with van der Waals surface area (Å²) >= 11 is 1.64. The molecule has 0 unspecified atom stereocenters. The highest BCUT2D eigenvalue weighted by molar-refractivity contribution is 8.14. The van der Waals surface area contributed by atoms with Crippen LogP contribution in [0.25, 0.3) is 0 Å². The minimum absolute atomic E-state index is 0.0543. The minimum Gasteiger partial charge on any atom is -0.359 e. The lowest BCUT2D eigenvalue weighted by Gasteiger charge is -2.20. The van der Waals surface area contributed by atoms with Crippen molar-refractivity contribution in [3.05, 3.63) is 0 Å². The van der Waals surface area contributed by atoms with Crippen LogP contribution in [-0.2, 0) is 9.84 Å². The number of hydrogen-bond acceptors (Lipinski definition) is 4. The topological polar surface area (TPSA) is 58.5 Å². The second kappa shape index (κ2) is 4.22. The van der Waals surface area contributed by atoms with Crippen molar-refractivity contribution in [2.45, 2.75) is 38.0 Å². The van der Waals surface area contributed by atoms with E-state index in [4.69, 9.17) is 0 Å². The molecule has 1 aliphatic heterocycles. The van der Waals surface area contributed by atoms with Crippen LogP contribution in [-0.4, -0.2) is 42.4 Å². The van der Waals surface area contributed by atoms with Crippen molar-refractivity contribution in [2.24, 2.45) is 4.99 Å². The Hall–Kier alpha value is -0.230. The standard InChI is InChI=1S/C10H20N2O2S2/c1-9(2)7-15-8(12-9)11-6-10(3,4)16(5,13)14/h6-7H2,1-5H3,(H,11,12). The summed E-state index contributed by atoms with van der Waals surface area (Å²) < 4.78 is 22.2. The number of aliphatic imine (C=N–C) groups is 1. The molecule has 0 spiro atoms. The van der Waals surface area contributed by atoms with E-state index in [1.165, 1.54) is 6.26 Å². The van der Waals surface area contributed by atoms with Gasteiger partial charge < -0.3 is 5.32 Å². The monoisotopic (exact) mass is 264 g/mol. The summed E-state index contributed by atoms with van der Waals surface area (Å²) in [4.78, 5) is 4.35. The van der Waals surface area contributed by atoms with Crippen molar-refractivity contribution in [3.63, 3.8) is 0 Å². The Labute approximate surface area is 102 Å². The quantitative estimate of drug-likeness (QED) is 0.834. The van der Waals surface area contributed by atoms with E-state index in [-0.39, 0.29) is 5.54 Å². The molecule has 0 saturated carbocycles. The molecule has 0 amide bonds. The first-order chi connectivity index (χ1) is 7.04. The Morgan fingerprint density at radius 3 is 2.44 bits per heavy atom. The predicted octanol–water partition coefficient (Wildman–Crippen LogP) is 1.28. The normalized spacial score (nSPS) is 23.4. The van der Waals surface area contributed by atoms with Crippen molar-refractivity contribution in [1.82, 2.24) is 5.32 Å². The van der Waals surface area contributed by atoms with Crippen molar-refractivity contribution in [1.29, 1.82) is 0 Å². The zero-order chi connectivity index (χ0) is 12.6. The number of amidine groups is 1. The van der Waals surface area contributed by atoms with Crippen LogP contribution in [0.1, 0.15) is 27.7 Å². The molecular weight excluding hydrogens is 244 g/mol. The van der Waals surface area contributed by atoms with Gasteiger partial charge in [-0.05, 0) is 27.7 Å². The predicted molar refractivity (Wildman–Crippen MR) is 70.9 cm³/mol. The second-order valence-corrected chi connectivity index (χ2v) is 9.06. The SMILES string of the molecule is CC1(C)CSC(=NCC(C)(C)S(C)(=O)=O)N1. The van der Waals surface area contributed by atoms with E-state index in [1.54, 1.807) is 25.6 Å². The van der Waals surface area contributed by atoms with Gasteiger partial charge in [0.15, 0.2) is 15.0 Å². The van der Waals surface area contributed by atoms with Gasteiger partial charge in [-0.3, -0.25) is 4.99 Å². The van der Waals surface area contributed by atoms with Crippen molar-refractivity contribution in [2.75, 3.05) is 18.6 Å². The van der Waals surface area contributed by atoms with Gasteiger partial charge in [0.25, 0.3) is 0 Å². The summed E-state index contributed by atoms with van der Waals surface area (Å²) in [6.07, 6.45) is 1.26. The summed E-state index contributed by atoms with van der Waals surface area (Å²) in [5, 5.41) is 4.12. The third-order valence-corrected chi connectivity index (χ3v) is 6.13. The highest BCUT2D eigenvalue weighted by Gasteiger charge is 2.32. The fourth-order valence-corrected chi connectivity index (χ4v) is 2.45. The fraction of sp³-hybridized carbons (Fsp3) is 0.900. The molecule has 4 nitrogen and oxygen atoms in total. The second-order valence-electron chi connectivity index (χ2n) is 5.45. The number of rotatable bonds is 3. The van der Waals surface area contributed by atoms with Gasteiger partial charge in [-0.15, -0.1) is 0 Å². The van der Waals surface area contributed by atoms with Crippen LogP contribution in [0.3, 0.4) is 0 Å². The average molecular weight is 264 g/mol. The van der Waals surface area contributed by atoms with E-state index in [0.717, 1.165) is 10.9 Å². The molecule has 0 aromatic carbocycles. The molecule has 1 aliphatic rings. The van der Waals surface area contributed by atoms with Crippen molar-refractivity contribution >= 4 is 26.8 Å². The largest absolute Gasteiger partial charge is 0.359 e. The van der Waals surface area contributed by atoms with Gasteiger partial charge in [0.05, 0.1) is 11.3 Å². The molecule has 6 heteroatoms. The van der Waals surface area contributed by atoms with E-state index in [9.17, 15) is 8.42 Å². The van der Waals surface area contributed by atoms with Gasteiger partial charge in [0.2, 0.25) is 0 Å². The molecule has 0 aromatic heterocycles. The van der Waals surface area contributed by atoms with Gasteiger partial charge in [-0.1, -0.05) is 11.8 Å². The Balaban J connectivity index is 2.69. The van der Waals surface area contributed by atoms with Gasteiger partial charge in [-0.25, -0.2) is 8.42 Å². The first-order valence-corrected chi connectivity index (χ1v) is 8.06. The zero-order valence-corrected chi connectivity index (χ0v) is 12.1. The van der Waals surface area contributed by atoms with Crippen LogP contribution >= 0.6 is 11.8 Å². The first-order valence-electron chi connectivity index (χ1n) is 5.19. The van der Waals surface area contributed by atoms with E-state index in [2.05, 4.69) is 24.2 Å². The van der Waals surface area contributed by atoms with E-state index < -0.39 is 14.6 Å². The highest BCUT2D eigenvalue weighted by Crippen LogP contribution is 2.23. The lowest BCUT2D eigenvalue weighted by atomic mass is 10.1.